The Morgan fingerprint density at radius 3 is 2.95 bits per heavy atom. The highest BCUT2D eigenvalue weighted by molar-refractivity contribution is 9.11. The van der Waals surface area contributed by atoms with Crippen LogP contribution in [0.1, 0.15) is 30.1 Å². The van der Waals surface area contributed by atoms with Crippen LogP contribution in [0.4, 0.5) is 0 Å². The smallest absolute Gasteiger partial charge is 0.161 e. The summed E-state index contributed by atoms with van der Waals surface area (Å²) in [6.07, 6.45) is 2.59. The molecular formula is C14H12BrNOS2. The number of hydrogen-bond donors (Lipinski definition) is 0. The summed E-state index contributed by atoms with van der Waals surface area (Å²) in [4.78, 5) is 18.3. The predicted octanol–water partition coefficient (Wildman–Crippen LogP) is 4.17. The van der Waals surface area contributed by atoms with Crippen LogP contribution in [0.25, 0.3) is 0 Å². The number of nitrogens with zero attached hydrogens (tertiary/aromatic N) is 1. The van der Waals surface area contributed by atoms with Crippen LogP contribution in [0.15, 0.2) is 32.2 Å². The summed E-state index contributed by atoms with van der Waals surface area (Å²) in [5, 5.41) is 0.395. The van der Waals surface area contributed by atoms with Gasteiger partial charge in [0.05, 0.1) is 9.04 Å². The molecule has 2 atom stereocenters. The minimum absolute atomic E-state index is 0.251. The molecule has 3 aliphatic rings. The molecule has 2 nitrogen and oxygen atoms in total. The molecule has 0 bridgehead atoms. The number of thiophene rings is 1. The molecule has 98 valence electrons. The van der Waals surface area contributed by atoms with Crippen molar-refractivity contribution in [2.75, 3.05) is 5.75 Å². The average Bonchev–Trinajstić information content (AvgIpc) is 3.08. The van der Waals surface area contributed by atoms with Gasteiger partial charge in [-0.2, -0.15) is 11.8 Å². The highest BCUT2D eigenvalue weighted by Gasteiger charge is 2.43. The van der Waals surface area contributed by atoms with Gasteiger partial charge in [0.1, 0.15) is 0 Å². The van der Waals surface area contributed by atoms with E-state index in [1.165, 1.54) is 10.6 Å². The number of allylic oxidation sites excluding steroid dienone is 2. The molecule has 4 rings (SSSR count). The zero-order valence-electron chi connectivity index (χ0n) is 10.2. The molecule has 0 aromatic carbocycles. The molecule has 1 aliphatic carbocycles. The molecular weight excluding hydrogens is 342 g/mol. The molecule has 2 unspecified atom stereocenters. The number of carbonyl (C=O) groups excluding carboxylic acids is 1. The maximum atomic E-state index is 12.2. The monoisotopic (exact) mass is 353 g/mol. The van der Waals surface area contributed by atoms with Gasteiger partial charge in [0, 0.05) is 34.2 Å². The SMILES string of the molecule is O=C1CCC2=C1C(c1ccc(Br)s1)C1SCCC1=N2. The number of aliphatic imine (C=N–C) groups is 1. The summed E-state index contributed by atoms with van der Waals surface area (Å²) in [6, 6.07) is 4.25. The van der Waals surface area contributed by atoms with Crippen molar-refractivity contribution < 1.29 is 4.79 Å². The number of halogens is 1. The molecule has 0 spiro atoms. The van der Waals surface area contributed by atoms with Crippen molar-refractivity contribution in [2.45, 2.75) is 30.4 Å². The Morgan fingerprint density at radius 2 is 2.16 bits per heavy atom. The van der Waals surface area contributed by atoms with Gasteiger partial charge in [0.15, 0.2) is 5.78 Å². The molecule has 0 N–H and O–H groups in total. The second-order valence-electron chi connectivity index (χ2n) is 5.05. The first-order chi connectivity index (χ1) is 9.24. The molecule has 1 fully saturated rings. The van der Waals surface area contributed by atoms with Gasteiger partial charge < -0.3 is 0 Å². The third-order valence-electron chi connectivity index (χ3n) is 3.98. The summed E-state index contributed by atoms with van der Waals surface area (Å²) in [6.45, 7) is 0. The molecule has 0 amide bonds. The van der Waals surface area contributed by atoms with E-state index < -0.39 is 0 Å². The van der Waals surface area contributed by atoms with Crippen LogP contribution >= 0.6 is 39.0 Å². The third kappa shape index (κ3) is 1.89. The van der Waals surface area contributed by atoms with Crippen molar-refractivity contribution in [1.29, 1.82) is 0 Å². The highest BCUT2D eigenvalue weighted by atomic mass is 79.9. The summed E-state index contributed by atoms with van der Waals surface area (Å²) < 4.78 is 1.14. The number of carbonyl (C=O) groups is 1. The lowest BCUT2D eigenvalue weighted by molar-refractivity contribution is -0.115. The van der Waals surface area contributed by atoms with Crippen molar-refractivity contribution in [3.05, 3.63) is 32.1 Å². The van der Waals surface area contributed by atoms with Crippen LogP contribution in [0.3, 0.4) is 0 Å². The molecule has 19 heavy (non-hydrogen) atoms. The van der Waals surface area contributed by atoms with Gasteiger partial charge in [-0.05, 0) is 46.7 Å². The third-order valence-corrected chi connectivity index (χ3v) is 7.03. The lowest BCUT2D eigenvalue weighted by Gasteiger charge is -2.27. The summed E-state index contributed by atoms with van der Waals surface area (Å²) in [5.74, 6) is 1.71. The van der Waals surface area contributed by atoms with Gasteiger partial charge in [-0.15, -0.1) is 11.3 Å². The van der Waals surface area contributed by atoms with E-state index in [1.807, 2.05) is 11.8 Å². The van der Waals surface area contributed by atoms with E-state index >= 15 is 0 Å². The van der Waals surface area contributed by atoms with Crippen molar-refractivity contribution in [3.63, 3.8) is 0 Å². The lowest BCUT2D eigenvalue weighted by atomic mass is 9.87. The largest absolute Gasteiger partial charge is 0.294 e. The summed E-state index contributed by atoms with van der Waals surface area (Å²) in [7, 11) is 0. The second-order valence-corrected chi connectivity index (χ2v) is 8.79. The van der Waals surface area contributed by atoms with Gasteiger partial charge in [0.2, 0.25) is 0 Å². The zero-order valence-corrected chi connectivity index (χ0v) is 13.4. The van der Waals surface area contributed by atoms with E-state index in [4.69, 9.17) is 4.99 Å². The Hall–Kier alpha value is -0.390. The normalized spacial score (nSPS) is 29.5. The van der Waals surface area contributed by atoms with E-state index in [0.29, 0.717) is 17.5 Å². The number of hydrogen-bond acceptors (Lipinski definition) is 4. The van der Waals surface area contributed by atoms with E-state index in [2.05, 4.69) is 28.1 Å². The zero-order chi connectivity index (χ0) is 13.0. The first-order valence-corrected chi connectivity index (χ1v) is 9.10. The molecule has 2 aliphatic heterocycles. The van der Waals surface area contributed by atoms with Crippen LogP contribution in [-0.2, 0) is 4.79 Å². The fourth-order valence-electron chi connectivity index (χ4n) is 3.18. The number of fused-ring (bicyclic) bond motifs is 1. The Morgan fingerprint density at radius 1 is 1.26 bits per heavy atom. The van der Waals surface area contributed by atoms with Gasteiger partial charge >= 0.3 is 0 Å². The molecule has 0 saturated carbocycles. The molecule has 0 radical (unpaired) electrons. The van der Waals surface area contributed by atoms with Crippen LogP contribution in [-0.4, -0.2) is 22.5 Å². The van der Waals surface area contributed by atoms with Gasteiger partial charge in [-0.3, -0.25) is 9.79 Å². The maximum absolute atomic E-state index is 12.2. The molecule has 1 aromatic rings. The van der Waals surface area contributed by atoms with Gasteiger partial charge in [-0.1, -0.05) is 0 Å². The molecule has 3 heterocycles. The number of ketones is 1. The van der Waals surface area contributed by atoms with Gasteiger partial charge in [0.25, 0.3) is 0 Å². The van der Waals surface area contributed by atoms with E-state index in [-0.39, 0.29) is 5.92 Å². The number of Topliss-reactive ketones (excluding diaryl/α,β-unsaturated/α-hetero) is 1. The Labute approximate surface area is 128 Å². The van der Waals surface area contributed by atoms with E-state index in [9.17, 15) is 4.79 Å². The van der Waals surface area contributed by atoms with Crippen LogP contribution < -0.4 is 0 Å². The van der Waals surface area contributed by atoms with Crippen molar-refractivity contribution in [1.82, 2.24) is 0 Å². The summed E-state index contributed by atoms with van der Waals surface area (Å²) in [5.41, 5.74) is 3.40. The van der Waals surface area contributed by atoms with Gasteiger partial charge in [-0.25, -0.2) is 0 Å². The molecule has 1 aromatic heterocycles. The number of rotatable bonds is 1. The Kier molecular flexibility index (Phi) is 2.97. The minimum atomic E-state index is 0.251. The average molecular weight is 354 g/mol. The Bertz CT molecular complexity index is 631. The molecule has 1 saturated heterocycles. The molecule has 5 heteroatoms. The van der Waals surface area contributed by atoms with Crippen LogP contribution in [0, 0.1) is 0 Å². The van der Waals surface area contributed by atoms with Crippen molar-refractivity contribution in [2.24, 2.45) is 4.99 Å². The topological polar surface area (TPSA) is 29.4 Å². The maximum Gasteiger partial charge on any atom is 0.161 e. The first kappa shape index (κ1) is 12.4. The first-order valence-electron chi connectivity index (χ1n) is 6.44. The minimum Gasteiger partial charge on any atom is -0.294 e. The fraction of sp³-hybridized carbons (Fsp3) is 0.429. The van der Waals surface area contributed by atoms with Crippen molar-refractivity contribution >= 4 is 50.5 Å². The van der Waals surface area contributed by atoms with E-state index in [1.54, 1.807) is 11.3 Å². The Balaban J connectivity index is 1.86. The van der Waals surface area contributed by atoms with Crippen LogP contribution in [0.2, 0.25) is 0 Å². The van der Waals surface area contributed by atoms with Crippen LogP contribution in [0.5, 0.6) is 0 Å². The second kappa shape index (κ2) is 4.57. The van der Waals surface area contributed by atoms with E-state index in [0.717, 1.165) is 33.7 Å². The van der Waals surface area contributed by atoms with Crippen molar-refractivity contribution in [3.8, 4) is 0 Å². The highest BCUT2D eigenvalue weighted by Crippen LogP contribution is 2.49. The quantitative estimate of drug-likeness (QED) is 0.758. The standard InChI is InChI=1S/C14H12BrNOS2/c15-11-4-3-10(19-11)13-12-7(1-2-9(12)17)16-8-5-6-18-14(8)13/h3-4,13-14H,1-2,5-6H2. The lowest BCUT2D eigenvalue weighted by Crippen LogP contribution is -2.27. The predicted molar refractivity (Wildman–Crippen MR) is 84.3 cm³/mol. The number of thioether (sulfide) groups is 1. The summed E-state index contributed by atoms with van der Waals surface area (Å²) >= 11 is 7.26. The fourth-order valence-corrected chi connectivity index (χ4v) is 6.26.